The Balaban J connectivity index is 2.24. The third-order valence-electron chi connectivity index (χ3n) is 1.94. The minimum Gasteiger partial charge on any atom is -0.354 e. The first-order valence-electron chi connectivity index (χ1n) is 4.67. The molecule has 2 rings (SSSR count). The topological polar surface area (TPSA) is 38.9 Å². The lowest BCUT2D eigenvalue weighted by atomic mass is 10.2. The molecule has 0 saturated carbocycles. The Hall–Kier alpha value is -1.16. The summed E-state index contributed by atoms with van der Waals surface area (Å²) < 4.78 is 5.21. The van der Waals surface area contributed by atoms with E-state index in [1.807, 2.05) is 18.4 Å². The highest BCUT2D eigenvalue weighted by molar-refractivity contribution is 7.09. The molecule has 0 fully saturated rings. The highest BCUT2D eigenvalue weighted by atomic mass is 32.1. The first-order chi connectivity index (χ1) is 6.79. The van der Waals surface area contributed by atoms with Crippen LogP contribution < -0.4 is 0 Å². The van der Waals surface area contributed by atoms with Gasteiger partial charge in [0.15, 0.2) is 5.76 Å². The first kappa shape index (κ1) is 9.40. The van der Waals surface area contributed by atoms with Gasteiger partial charge in [0.2, 0.25) is 0 Å². The van der Waals surface area contributed by atoms with Crippen molar-refractivity contribution in [3.8, 4) is 11.5 Å². The first-order valence-corrected chi connectivity index (χ1v) is 5.55. The molecule has 0 atom stereocenters. The van der Waals surface area contributed by atoms with Gasteiger partial charge in [-0.15, -0.1) is 11.3 Å². The van der Waals surface area contributed by atoms with E-state index in [1.54, 1.807) is 11.3 Å². The Bertz CT molecular complexity index is 419. The van der Waals surface area contributed by atoms with Crippen molar-refractivity contribution in [2.45, 2.75) is 26.7 Å². The van der Waals surface area contributed by atoms with Crippen molar-refractivity contribution >= 4 is 11.3 Å². The Morgan fingerprint density at radius 1 is 1.50 bits per heavy atom. The SMILES string of the molecule is CCCc1cc(-c2csc(C)n2)on1. The molecule has 0 spiro atoms. The summed E-state index contributed by atoms with van der Waals surface area (Å²) in [6, 6.07) is 1.97. The second kappa shape index (κ2) is 3.92. The molecule has 0 aliphatic carbocycles. The third kappa shape index (κ3) is 1.85. The van der Waals surface area contributed by atoms with E-state index in [1.165, 1.54) is 0 Å². The van der Waals surface area contributed by atoms with E-state index in [0.29, 0.717) is 0 Å². The Kier molecular flexibility index (Phi) is 2.63. The maximum absolute atomic E-state index is 5.21. The minimum absolute atomic E-state index is 0.776. The number of hydrogen-bond donors (Lipinski definition) is 0. The second-order valence-corrected chi connectivity index (χ2v) is 4.25. The van der Waals surface area contributed by atoms with Gasteiger partial charge in [0.05, 0.1) is 10.7 Å². The van der Waals surface area contributed by atoms with Crippen LogP contribution in [0.3, 0.4) is 0 Å². The summed E-state index contributed by atoms with van der Waals surface area (Å²) in [5, 5.41) is 7.02. The molecule has 74 valence electrons. The molecule has 4 heteroatoms. The molecule has 2 aromatic rings. The molecule has 0 bridgehead atoms. The molecular weight excluding hydrogens is 196 g/mol. The van der Waals surface area contributed by atoms with Gasteiger partial charge in [-0.25, -0.2) is 4.98 Å². The number of rotatable bonds is 3. The van der Waals surface area contributed by atoms with Crippen molar-refractivity contribution in [3.05, 3.63) is 22.1 Å². The van der Waals surface area contributed by atoms with Gasteiger partial charge >= 0.3 is 0 Å². The fraction of sp³-hybridized carbons (Fsp3) is 0.400. The van der Waals surface area contributed by atoms with Crippen molar-refractivity contribution in [2.75, 3.05) is 0 Å². The molecule has 0 unspecified atom stereocenters. The summed E-state index contributed by atoms with van der Waals surface area (Å²) in [6.45, 7) is 4.11. The van der Waals surface area contributed by atoms with Crippen LogP contribution in [0.25, 0.3) is 11.5 Å². The van der Waals surface area contributed by atoms with Crippen LogP contribution in [-0.2, 0) is 6.42 Å². The van der Waals surface area contributed by atoms with E-state index in [-0.39, 0.29) is 0 Å². The minimum atomic E-state index is 0.776. The van der Waals surface area contributed by atoms with Crippen molar-refractivity contribution in [3.63, 3.8) is 0 Å². The molecule has 0 aromatic carbocycles. The van der Waals surface area contributed by atoms with Crippen LogP contribution in [0.5, 0.6) is 0 Å². The molecule has 0 aliphatic rings. The molecule has 2 heterocycles. The summed E-state index contributed by atoms with van der Waals surface area (Å²) in [7, 11) is 0. The van der Waals surface area contributed by atoms with E-state index < -0.39 is 0 Å². The molecule has 0 aliphatic heterocycles. The normalized spacial score (nSPS) is 10.7. The average Bonchev–Trinajstić information content (AvgIpc) is 2.74. The lowest BCUT2D eigenvalue weighted by molar-refractivity contribution is 0.422. The van der Waals surface area contributed by atoms with Crippen LogP contribution in [0.2, 0.25) is 0 Å². The van der Waals surface area contributed by atoms with Gasteiger partial charge < -0.3 is 4.52 Å². The third-order valence-corrected chi connectivity index (χ3v) is 2.71. The van der Waals surface area contributed by atoms with E-state index >= 15 is 0 Å². The largest absolute Gasteiger partial charge is 0.354 e. The van der Waals surface area contributed by atoms with Crippen molar-refractivity contribution in [1.82, 2.24) is 10.1 Å². The maximum Gasteiger partial charge on any atom is 0.186 e. The fourth-order valence-electron chi connectivity index (χ4n) is 1.28. The van der Waals surface area contributed by atoms with Gasteiger partial charge in [-0.3, -0.25) is 0 Å². The van der Waals surface area contributed by atoms with E-state index in [9.17, 15) is 0 Å². The van der Waals surface area contributed by atoms with Gasteiger partial charge in [-0.05, 0) is 13.3 Å². The van der Waals surface area contributed by atoms with E-state index in [4.69, 9.17) is 4.52 Å². The Morgan fingerprint density at radius 3 is 3.00 bits per heavy atom. The van der Waals surface area contributed by atoms with E-state index in [2.05, 4.69) is 17.1 Å². The number of aromatic nitrogens is 2. The molecule has 0 radical (unpaired) electrons. The van der Waals surface area contributed by atoms with E-state index in [0.717, 1.165) is 35.0 Å². The molecule has 2 aromatic heterocycles. The number of thiazole rings is 1. The predicted molar refractivity (Wildman–Crippen MR) is 56.3 cm³/mol. The Labute approximate surface area is 86.8 Å². The van der Waals surface area contributed by atoms with Crippen molar-refractivity contribution in [2.24, 2.45) is 0 Å². The van der Waals surface area contributed by atoms with Crippen LogP contribution >= 0.6 is 11.3 Å². The van der Waals surface area contributed by atoms with Crippen LogP contribution in [0, 0.1) is 6.92 Å². The molecule has 14 heavy (non-hydrogen) atoms. The van der Waals surface area contributed by atoms with Crippen LogP contribution in [0.15, 0.2) is 16.0 Å². The quantitative estimate of drug-likeness (QED) is 0.778. The zero-order chi connectivity index (χ0) is 9.97. The van der Waals surface area contributed by atoms with Gasteiger partial charge in [0, 0.05) is 11.4 Å². The maximum atomic E-state index is 5.21. The highest BCUT2D eigenvalue weighted by Gasteiger charge is 2.08. The number of hydrogen-bond acceptors (Lipinski definition) is 4. The van der Waals surface area contributed by atoms with Gasteiger partial charge in [0.25, 0.3) is 0 Å². The predicted octanol–water partition coefficient (Wildman–Crippen LogP) is 3.06. The second-order valence-electron chi connectivity index (χ2n) is 3.18. The lowest BCUT2D eigenvalue weighted by Crippen LogP contribution is -1.79. The average molecular weight is 208 g/mol. The summed E-state index contributed by atoms with van der Waals surface area (Å²) in [6.07, 6.45) is 2.05. The smallest absolute Gasteiger partial charge is 0.186 e. The lowest BCUT2D eigenvalue weighted by Gasteiger charge is -1.84. The summed E-state index contributed by atoms with van der Waals surface area (Å²) in [5.41, 5.74) is 1.90. The molecule has 0 saturated heterocycles. The summed E-state index contributed by atoms with van der Waals surface area (Å²) >= 11 is 1.62. The number of aryl methyl sites for hydroxylation is 2. The standard InChI is InChI=1S/C10H12N2OS/c1-3-4-8-5-10(13-12-8)9-6-14-7(2)11-9/h5-6H,3-4H2,1-2H3. The number of nitrogens with zero attached hydrogens (tertiary/aromatic N) is 2. The van der Waals surface area contributed by atoms with Crippen LogP contribution in [0.4, 0.5) is 0 Å². The van der Waals surface area contributed by atoms with Gasteiger partial charge in [-0.2, -0.15) is 0 Å². The fourth-order valence-corrected chi connectivity index (χ4v) is 1.89. The molecule has 0 N–H and O–H groups in total. The van der Waals surface area contributed by atoms with Crippen LogP contribution in [0.1, 0.15) is 24.0 Å². The monoisotopic (exact) mass is 208 g/mol. The summed E-state index contributed by atoms with van der Waals surface area (Å²) in [5.74, 6) is 0.776. The molecular formula is C10H12N2OS. The van der Waals surface area contributed by atoms with Gasteiger partial charge in [0.1, 0.15) is 5.69 Å². The van der Waals surface area contributed by atoms with Crippen molar-refractivity contribution in [1.29, 1.82) is 0 Å². The van der Waals surface area contributed by atoms with Crippen molar-refractivity contribution < 1.29 is 4.52 Å². The molecule has 3 nitrogen and oxygen atoms in total. The highest BCUT2D eigenvalue weighted by Crippen LogP contribution is 2.22. The Morgan fingerprint density at radius 2 is 2.36 bits per heavy atom. The van der Waals surface area contributed by atoms with Gasteiger partial charge in [-0.1, -0.05) is 18.5 Å². The van der Waals surface area contributed by atoms with Crippen LogP contribution in [-0.4, -0.2) is 10.1 Å². The molecule has 0 amide bonds. The zero-order valence-corrected chi connectivity index (χ0v) is 9.10. The summed E-state index contributed by atoms with van der Waals surface area (Å²) in [4.78, 5) is 4.34. The zero-order valence-electron chi connectivity index (χ0n) is 8.28.